The zero-order valence-electron chi connectivity index (χ0n) is 9.79. The summed E-state index contributed by atoms with van der Waals surface area (Å²) in [6.45, 7) is 0.125. The number of hydrogen-bond acceptors (Lipinski definition) is 4. The average molecular weight is 251 g/mol. The molecule has 1 aromatic rings. The average Bonchev–Trinajstić information content (AvgIpc) is 2.71. The molecule has 1 heterocycles. The van der Waals surface area contributed by atoms with E-state index in [1.54, 1.807) is 6.07 Å². The molecule has 18 heavy (non-hydrogen) atoms. The second kappa shape index (κ2) is 4.56. The van der Waals surface area contributed by atoms with Crippen LogP contribution in [0.1, 0.15) is 6.42 Å². The minimum Gasteiger partial charge on any atom is -0.504 e. The summed E-state index contributed by atoms with van der Waals surface area (Å²) in [7, 11) is 1.43. The minimum atomic E-state index is -0.983. The maximum Gasteiger partial charge on any atom is 0.308 e. The maximum absolute atomic E-state index is 11.7. The summed E-state index contributed by atoms with van der Waals surface area (Å²) in [6, 6.07) is 4.54. The van der Waals surface area contributed by atoms with Crippen molar-refractivity contribution in [2.24, 2.45) is 5.92 Å². The summed E-state index contributed by atoms with van der Waals surface area (Å²) in [5, 5.41) is 18.5. The van der Waals surface area contributed by atoms with Crippen molar-refractivity contribution in [1.29, 1.82) is 0 Å². The summed E-state index contributed by atoms with van der Waals surface area (Å²) in [5.41, 5.74) is 0.474. The first-order valence-corrected chi connectivity index (χ1v) is 5.43. The molecule has 1 atom stereocenters. The molecule has 6 heteroatoms. The minimum absolute atomic E-state index is 0.0118. The molecule has 0 bridgehead atoms. The lowest BCUT2D eigenvalue weighted by Gasteiger charge is -2.17. The van der Waals surface area contributed by atoms with Crippen molar-refractivity contribution in [2.75, 3.05) is 18.6 Å². The number of carboxylic acids is 1. The van der Waals surface area contributed by atoms with Crippen LogP contribution in [0.3, 0.4) is 0 Å². The summed E-state index contributed by atoms with van der Waals surface area (Å²) >= 11 is 0. The SMILES string of the molecule is COc1ccc(N2C[C@H](C(=O)O)CC2=O)cc1O. The molecule has 0 aromatic heterocycles. The number of methoxy groups -OCH3 is 1. The van der Waals surface area contributed by atoms with E-state index in [1.165, 1.54) is 24.1 Å². The number of phenolic OH excluding ortho intramolecular Hbond substituents is 1. The van der Waals surface area contributed by atoms with E-state index in [9.17, 15) is 14.7 Å². The van der Waals surface area contributed by atoms with Gasteiger partial charge in [-0.1, -0.05) is 0 Å². The van der Waals surface area contributed by atoms with Gasteiger partial charge in [-0.25, -0.2) is 0 Å². The predicted molar refractivity (Wildman–Crippen MR) is 62.8 cm³/mol. The fraction of sp³-hybridized carbons (Fsp3) is 0.333. The van der Waals surface area contributed by atoms with Gasteiger partial charge in [0, 0.05) is 24.7 Å². The normalized spacial score (nSPS) is 19.1. The van der Waals surface area contributed by atoms with E-state index in [-0.39, 0.29) is 24.6 Å². The predicted octanol–water partition coefficient (Wildman–Crippen LogP) is 0.838. The van der Waals surface area contributed by atoms with E-state index in [4.69, 9.17) is 9.84 Å². The second-order valence-corrected chi connectivity index (χ2v) is 4.10. The Bertz CT molecular complexity index is 499. The number of carbonyl (C=O) groups is 2. The van der Waals surface area contributed by atoms with E-state index in [1.807, 2.05) is 0 Å². The number of nitrogens with zero attached hydrogens (tertiary/aromatic N) is 1. The fourth-order valence-electron chi connectivity index (χ4n) is 1.97. The van der Waals surface area contributed by atoms with Gasteiger partial charge in [0.2, 0.25) is 5.91 Å². The number of carbonyl (C=O) groups excluding carboxylic acids is 1. The van der Waals surface area contributed by atoms with Crippen molar-refractivity contribution < 1.29 is 24.5 Å². The first kappa shape index (κ1) is 12.2. The largest absolute Gasteiger partial charge is 0.504 e. The van der Waals surface area contributed by atoms with Gasteiger partial charge in [0.05, 0.1) is 13.0 Å². The van der Waals surface area contributed by atoms with Gasteiger partial charge in [-0.15, -0.1) is 0 Å². The van der Waals surface area contributed by atoms with Gasteiger partial charge in [0.25, 0.3) is 0 Å². The Morgan fingerprint density at radius 1 is 1.50 bits per heavy atom. The third-order valence-electron chi connectivity index (χ3n) is 2.95. The zero-order valence-corrected chi connectivity index (χ0v) is 9.79. The molecule has 0 radical (unpaired) electrons. The van der Waals surface area contributed by atoms with Gasteiger partial charge < -0.3 is 19.8 Å². The quantitative estimate of drug-likeness (QED) is 0.831. The van der Waals surface area contributed by atoms with Gasteiger partial charge in [-0.3, -0.25) is 9.59 Å². The van der Waals surface area contributed by atoms with Crippen molar-refractivity contribution >= 4 is 17.6 Å². The molecule has 0 unspecified atom stereocenters. The van der Waals surface area contributed by atoms with Crippen LogP contribution in [0.25, 0.3) is 0 Å². The Morgan fingerprint density at radius 2 is 2.22 bits per heavy atom. The number of phenols is 1. The molecule has 2 rings (SSSR count). The van der Waals surface area contributed by atoms with Gasteiger partial charge in [-0.05, 0) is 12.1 Å². The van der Waals surface area contributed by atoms with Crippen LogP contribution in [-0.4, -0.2) is 35.7 Å². The fourth-order valence-corrected chi connectivity index (χ4v) is 1.97. The number of anilines is 1. The monoisotopic (exact) mass is 251 g/mol. The molecule has 0 spiro atoms. The summed E-state index contributed by atoms with van der Waals surface area (Å²) in [6.07, 6.45) is -0.0118. The highest BCUT2D eigenvalue weighted by atomic mass is 16.5. The number of benzene rings is 1. The molecule has 96 valence electrons. The van der Waals surface area contributed by atoms with E-state index < -0.39 is 11.9 Å². The molecule has 1 aromatic carbocycles. The van der Waals surface area contributed by atoms with Gasteiger partial charge in [0.15, 0.2) is 11.5 Å². The number of carboxylic acid groups (broad SMARTS) is 1. The van der Waals surface area contributed by atoms with Crippen LogP contribution in [0.5, 0.6) is 11.5 Å². The lowest BCUT2D eigenvalue weighted by atomic mass is 10.1. The number of aliphatic carboxylic acids is 1. The highest BCUT2D eigenvalue weighted by molar-refractivity contribution is 5.99. The van der Waals surface area contributed by atoms with Gasteiger partial charge in [-0.2, -0.15) is 0 Å². The summed E-state index contributed by atoms with van der Waals surface area (Å²) in [5.74, 6) is -1.71. The Labute approximate surface area is 103 Å². The molecule has 1 aliphatic rings. The van der Waals surface area contributed by atoms with Crippen molar-refractivity contribution in [3.05, 3.63) is 18.2 Å². The maximum atomic E-state index is 11.7. The number of amides is 1. The summed E-state index contributed by atoms with van der Waals surface area (Å²) in [4.78, 5) is 23.9. The molecular weight excluding hydrogens is 238 g/mol. The Morgan fingerprint density at radius 3 is 2.72 bits per heavy atom. The van der Waals surface area contributed by atoms with Crippen LogP contribution in [0.15, 0.2) is 18.2 Å². The van der Waals surface area contributed by atoms with Crippen molar-refractivity contribution in [3.8, 4) is 11.5 Å². The number of hydrogen-bond donors (Lipinski definition) is 2. The highest BCUT2D eigenvalue weighted by Crippen LogP contribution is 2.33. The molecule has 6 nitrogen and oxygen atoms in total. The molecule has 2 N–H and O–H groups in total. The van der Waals surface area contributed by atoms with Crippen molar-refractivity contribution in [1.82, 2.24) is 0 Å². The van der Waals surface area contributed by atoms with E-state index in [0.717, 1.165) is 0 Å². The molecule has 1 aliphatic heterocycles. The molecule has 1 fully saturated rings. The zero-order chi connectivity index (χ0) is 13.3. The summed E-state index contributed by atoms with van der Waals surface area (Å²) < 4.78 is 4.90. The van der Waals surface area contributed by atoms with Gasteiger partial charge >= 0.3 is 5.97 Å². The van der Waals surface area contributed by atoms with Crippen molar-refractivity contribution in [3.63, 3.8) is 0 Å². The first-order chi connectivity index (χ1) is 8.52. The molecule has 1 saturated heterocycles. The lowest BCUT2D eigenvalue weighted by Crippen LogP contribution is -2.25. The molecular formula is C12H13NO5. The van der Waals surface area contributed by atoms with E-state index in [0.29, 0.717) is 11.4 Å². The number of aromatic hydroxyl groups is 1. The third kappa shape index (κ3) is 2.09. The Balaban J connectivity index is 2.24. The van der Waals surface area contributed by atoms with Crippen LogP contribution in [0, 0.1) is 5.92 Å². The van der Waals surface area contributed by atoms with Crippen LogP contribution >= 0.6 is 0 Å². The van der Waals surface area contributed by atoms with E-state index in [2.05, 4.69) is 0 Å². The topological polar surface area (TPSA) is 87.1 Å². The number of ether oxygens (including phenoxy) is 1. The lowest BCUT2D eigenvalue weighted by molar-refractivity contribution is -0.141. The number of rotatable bonds is 3. The van der Waals surface area contributed by atoms with Crippen LogP contribution < -0.4 is 9.64 Å². The van der Waals surface area contributed by atoms with Crippen LogP contribution in [-0.2, 0) is 9.59 Å². The highest BCUT2D eigenvalue weighted by Gasteiger charge is 2.35. The van der Waals surface area contributed by atoms with Crippen LogP contribution in [0.2, 0.25) is 0 Å². The molecule has 1 amide bonds. The second-order valence-electron chi connectivity index (χ2n) is 4.10. The smallest absolute Gasteiger partial charge is 0.308 e. The van der Waals surface area contributed by atoms with E-state index >= 15 is 0 Å². The van der Waals surface area contributed by atoms with Gasteiger partial charge in [0.1, 0.15) is 0 Å². The third-order valence-corrected chi connectivity index (χ3v) is 2.95. The van der Waals surface area contributed by atoms with Crippen molar-refractivity contribution in [2.45, 2.75) is 6.42 Å². The standard InChI is InChI=1S/C12H13NO5/c1-18-10-3-2-8(5-9(10)14)13-6-7(12(16)17)4-11(13)15/h2-3,5,7,14H,4,6H2,1H3,(H,16,17)/t7-/m1/s1. The molecule has 0 saturated carbocycles. The first-order valence-electron chi connectivity index (χ1n) is 5.43. The Hall–Kier alpha value is -2.24. The Kier molecular flexibility index (Phi) is 3.10. The molecule has 0 aliphatic carbocycles. The van der Waals surface area contributed by atoms with Crippen LogP contribution in [0.4, 0.5) is 5.69 Å².